The molecule has 1 unspecified atom stereocenters. The Morgan fingerprint density at radius 2 is 2.15 bits per heavy atom. The van der Waals surface area contributed by atoms with Gasteiger partial charge in [-0.3, -0.25) is 9.48 Å². The minimum Gasteiger partial charge on any atom is -0.345 e. The number of aryl methyl sites for hydroxylation is 1. The SMILES string of the molecule is O=C(c1cn(CCC2CCCCN2)nn1)N1CCN(c2nccs2)CC1. The fraction of sp³-hybridized carbons (Fsp3) is 0.647. The zero-order chi connectivity index (χ0) is 17.8. The fourth-order valence-electron chi connectivity index (χ4n) is 3.60. The third kappa shape index (κ3) is 4.04. The maximum absolute atomic E-state index is 12.7. The molecule has 9 heteroatoms. The topological polar surface area (TPSA) is 79.2 Å². The van der Waals surface area contributed by atoms with Crippen LogP contribution < -0.4 is 10.2 Å². The monoisotopic (exact) mass is 375 g/mol. The molecule has 2 aliphatic heterocycles. The van der Waals surface area contributed by atoms with Gasteiger partial charge in [-0.05, 0) is 25.8 Å². The highest BCUT2D eigenvalue weighted by molar-refractivity contribution is 7.13. The van der Waals surface area contributed by atoms with Crippen LogP contribution in [0, 0.1) is 0 Å². The second kappa shape index (κ2) is 8.13. The number of piperidine rings is 1. The fourth-order valence-corrected chi connectivity index (χ4v) is 4.30. The van der Waals surface area contributed by atoms with Crippen LogP contribution in [0.3, 0.4) is 0 Å². The zero-order valence-electron chi connectivity index (χ0n) is 14.9. The Hall–Kier alpha value is -2.00. The number of carbonyl (C=O) groups excluding carboxylic acids is 1. The molecular formula is C17H25N7OS. The van der Waals surface area contributed by atoms with Gasteiger partial charge in [-0.1, -0.05) is 11.6 Å². The van der Waals surface area contributed by atoms with Crippen LogP contribution in [0.25, 0.3) is 0 Å². The third-order valence-corrected chi connectivity index (χ3v) is 5.97. The molecule has 0 spiro atoms. The van der Waals surface area contributed by atoms with Crippen LogP contribution >= 0.6 is 11.3 Å². The number of hydrogen-bond donors (Lipinski definition) is 1. The van der Waals surface area contributed by atoms with Crippen LogP contribution in [-0.2, 0) is 6.54 Å². The summed E-state index contributed by atoms with van der Waals surface area (Å²) in [7, 11) is 0. The first-order chi connectivity index (χ1) is 12.8. The molecule has 140 valence electrons. The van der Waals surface area contributed by atoms with E-state index in [4.69, 9.17) is 0 Å². The van der Waals surface area contributed by atoms with E-state index in [1.807, 2.05) is 16.5 Å². The van der Waals surface area contributed by atoms with Gasteiger partial charge in [0.2, 0.25) is 0 Å². The Morgan fingerprint density at radius 3 is 2.88 bits per heavy atom. The molecule has 0 radical (unpaired) electrons. The molecule has 0 saturated carbocycles. The minimum atomic E-state index is -0.0224. The lowest BCUT2D eigenvalue weighted by molar-refractivity contribution is 0.0740. The van der Waals surface area contributed by atoms with E-state index in [1.54, 1.807) is 22.2 Å². The molecule has 4 rings (SSSR count). The first-order valence-electron chi connectivity index (χ1n) is 9.37. The van der Waals surface area contributed by atoms with Crippen LogP contribution in [0.2, 0.25) is 0 Å². The van der Waals surface area contributed by atoms with Crippen molar-refractivity contribution in [3.05, 3.63) is 23.5 Å². The Balaban J connectivity index is 1.28. The molecule has 1 amide bonds. The lowest BCUT2D eigenvalue weighted by atomic mass is 10.0. The lowest BCUT2D eigenvalue weighted by Crippen LogP contribution is -2.48. The third-order valence-electron chi connectivity index (χ3n) is 5.13. The normalized spacial score (nSPS) is 21.2. The van der Waals surface area contributed by atoms with Gasteiger partial charge in [0.25, 0.3) is 5.91 Å². The number of piperazine rings is 1. The highest BCUT2D eigenvalue weighted by atomic mass is 32.1. The van der Waals surface area contributed by atoms with Gasteiger partial charge in [-0.15, -0.1) is 16.4 Å². The number of amides is 1. The smallest absolute Gasteiger partial charge is 0.276 e. The van der Waals surface area contributed by atoms with Crippen LogP contribution in [0.4, 0.5) is 5.13 Å². The maximum atomic E-state index is 12.7. The molecule has 0 bridgehead atoms. The van der Waals surface area contributed by atoms with Gasteiger partial charge in [-0.2, -0.15) is 0 Å². The molecule has 0 aromatic carbocycles. The summed E-state index contributed by atoms with van der Waals surface area (Å²) in [5.41, 5.74) is 0.448. The number of carbonyl (C=O) groups is 1. The molecule has 2 aromatic rings. The van der Waals surface area contributed by atoms with Crippen molar-refractivity contribution in [3.63, 3.8) is 0 Å². The average molecular weight is 376 g/mol. The highest BCUT2D eigenvalue weighted by Gasteiger charge is 2.25. The Kier molecular flexibility index (Phi) is 5.45. The number of aromatic nitrogens is 4. The van der Waals surface area contributed by atoms with Crippen LogP contribution in [-0.4, -0.2) is 69.6 Å². The van der Waals surface area contributed by atoms with Crippen LogP contribution in [0.5, 0.6) is 0 Å². The quantitative estimate of drug-likeness (QED) is 0.847. The van der Waals surface area contributed by atoms with Crippen molar-refractivity contribution < 1.29 is 4.79 Å². The van der Waals surface area contributed by atoms with Gasteiger partial charge in [0.15, 0.2) is 10.8 Å². The number of hydrogen-bond acceptors (Lipinski definition) is 7. The van der Waals surface area contributed by atoms with Crippen LogP contribution in [0.15, 0.2) is 17.8 Å². The van der Waals surface area contributed by atoms with Crippen LogP contribution in [0.1, 0.15) is 36.2 Å². The standard InChI is InChI=1S/C17H25N7OS/c25-16(22-8-10-23(11-9-22)17-19-6-12-26-17)15-13-24(21-20-15)7-4-14-3-1-2-5-18-14/h6,12-14,18H,1-5,7-11H2. The molecule has 0 aliphatic carbocycles. The molecule has 4 heterocycles. The molecule has 1 N–H and O–H groups in total. The van der Waals surface area contributed by atoms with E-state index in [0.29, 0.717) is 24.8 Å². The van der Waals surface area contributed by atoms with Crippen molar-refractivity contribution >= 4 is 22.4 Å². The Labute approximate surface area is 157 Å². The van der Waals surface area contributed by atoms with Crippen molar-refractivity contribution in [2.75, 3.05) is 37.6 Å². The van der Waals surface area contributed by atoms with Gasteiger partial charge < -0.3 is 15.1 Å². The van der Waals surface area contributed by atoms with Crippen molar-refractivity contribution in [3.8, 4) is 0 Å². The Bertz CT molecular complexity index is 703. The largest absolute Gasteiger partial charge is 0.345 e. The average Bonchev–Trinajstić information content (AvgIpc) is 3.39. The first kappa shape index (κ1) is 17.4. The van der Waals surface area contributed by atoms with E-state index in [-0.39, 0.29) is 5.91 Å². The molecule has 2 fully saturated rings. The molecule has 2 aromatic heterocycles. The molecule has 26 heavy (non-hydrogen) atoms. The number of rotatable bonds is 5. The van der Waals surface area contributed by atoms with Crippen molar-refractivity contribution in [1.82, 2.24) is 30.2 Å². The Morgan fingerprint density at radius 1 is 1.27 bits per heavy atom. The van der Waals surface area contributed by atoms with Gasteiger partial charge >= 0.3 is 0 Å². The van der Waals surface area contributed by atoms with Crippen molar-refractivity contribution in [2.45, 2.75) is 38.3 Å². The summed E-state index contributed by atoms with van der Waals surface area (Å²) in [5.74, 6) is -0.0224. The summed E-state index contributed by atoms with van der Waals surface area (Å²) < 4.78 is 1.80. The summed E-state index contributed by atoms with van der Waals surface area (Å²) in [4.78, 5) is 21.1. The molecular weight excluding hydrogens is 350 g/mol. The van der Waals surface area contributed by atoms with E-state index in [1.165, 1.54) is 19.3 Å². The van der Waals surface area contributed by atoms with E-state index in [2.05, 4.69) is 25.5 Å². The number of anilines is 1. The lowest BCUT2D eigenvalue weighted by Gasteiger charge is -2.34. The van der Waals surface area contributed by atoms with E-state index in [0.717, 1.165) is 37.7 Å². The number of nitrogens with one attached hydrogen (secondary N) is 1. The maximum Gasteiger partial charge on any atom is 0.276 e. The van der Waals surface area contributed by atoms with Gasteiger partial charge in [0.05, 0.1) is 6.20 Å². The predicted octanol–water partition coefficient (Wildman–Crippen LogP) is 1.23. The van der Waals surface area contributed by atoms with Gasteiger partial charge in [0.1, 0.15) is 0 Å². The minimum absolute atomic E-state index is 0.0224. The molecule has 1 atom stereocenters. The summed E-state index contributed by atoms with van der Waals surface area (Å²) in [5, 5.41) is 14.8. The second-order valence-electron chi connectivity index (χ2n) is 6.90. The van der Waals surface area contributed by atoms with Crippen molar-refractivity contribution in [1.29, 1.82) is 0 Å². The highest BCUT2D eigenvalue weighted by Crippen LogP contribution is 2.19. The zero-order valence-corrected chi connectivity index (χ0v) is 15.7. The predicted molar refractivity (Wildman–Crippen MR) is 101 cm³/mol. The van der Waals surface area contributed by atoms with Gasteiger partial charge in [-0.25, -0.2) is 4.98 Å². The van der Waals surface area contributed by atoms with E-state index in [9.17, 15) is 4.79 Å². The van der Waals surface area contributed by atoms with E-state index >= 15 is 0 Å². The van der Waals surface area contributed by atoms with Gasteiger partial charge in [0, 0.05) is 50.3 Å². The number of nitrogens with zero attached hydrogens (tertiary/aromatic N) is 6. The summed E-state index contributed by atoms with van der Waals surface area (Å²) in [6.07, 6.45) is 8.43. The van der Waals surface area contributed by atoms with Crippen molar-refractivity contribution in [2.24, 2.45) is 0 Å². The molecule has 2 aliphatic rings. The second-order valence-corrected chi connectivity index (χ2v) is 7.77. The first-order valence-corrected chi connectivity index (χ1v) is 10.2. The summed E-state index contributed by atoms with van der Waals surface area (Å²) in [6.45, 7) is 4.91. The summed E-state index contributed by atoms with van der Waals surface area (Å²) in [6, 6.07) is 0.561. The molecule has 2 saturated heterocycles. The van der Waals surface area contributed by atoms with E-state index < -0.39 is 0 Å². The molecule has 8 nitrogen and oxygen atoms in total. The number of thiazole rings is 1. The summed E-state index contributed by atoms with van der Waals surface area (Å²) >= 11 is 1.64.